The van der Waals surface area contributed by atoms with Crippen LogP contribution in [0.25, 0.3) is 0 Å². The molecule has 0 aromatic heterocycles. The second kappa shape index (κ2) is 16.4. The number of aliphatic carboxylic acids is 1. The van der Waals surface area contributed by atoms with Gasteiger partial charge >= 0.3 is 5.97 Å². The molecular weight excluding hydrogens is 470 g/mol. The van der Waals surface area contributed by atoms with Crippen molar-refractivity contribution in [1.29, 1.82) is 0 Å². The first-order chi connectivity index (χ1) is 15.4. The number of nitrogens with two attached hydrogens (primary N) is 3. The van der Waals surface area contributed by atoms with Gasteiger partial charge in [-0.25, -0.2) is 4.79 Å². The molecule has 0 aromatic rings. The van der Waals surface area contributed by atoms with Crippen LogP contribution in [-0.4, -0.2) is 83.2 Å². The molecule has 0 bridgehead atoms. The van der Waals surface area contributed by atoms with Crippen molar-refractivity contribution >= 4 is 54.0 Å². The van der Waals surface area contributed by atoms with Gasteiger partial charge in [-0.2, -0.15) is 24.4 Å². The molecular formula is C19H37N7O5S2. The van der Waals surface area contributed by atoms with Crippen molar-refractivity contribution in [2.45, 2.75) is 57.3 Å². The van der Waals surface area contributed by atoms with Crippen molar-refractivity contribution in [3.05, 3.63) is 0 Å². The summed E-state index contributed by atoms with van der Waals surface area (Å²) >= 11 is 5.57. The fourth-order valence-corrected chi connectivity index (χ4v) is 3.40. The minimum absolute atomic E-state index is 0.0315. The topological polar surface area (TPSA) is 215 Å². The molecule has 10 N–H and O–H groups in total. The molecule has 14 heteroatoms. The molecule has 0 aromatic carbocycles. The highest BCUT2D eigenvalue weighted by Gasteiger charge is 2.31. The number of aliphatic imine (C=N–C) groups is 1. The zero-order valence-electron chi connectivity index (χ0n) is 19.2. The molecule has 0 fully saturated rings. The third-order valence-corrected chi connectivity index (χ3v) is 5.60. The van der Waals surface area contributed by atoms with Gasteiger partial charge in [0.05, 0.1) is 6.04 Å². The molecule has 0 aliphatic carbocycles. The van der Waals surface area contributed by atoms with Crippen LogP contribution in [0.4, 0.5) is 0 Å². The molecule has 0 heterocycles. The molecule has 190 valence electrons. The highest BCUT2D eigenvalue weighted by Crippen LogP contribution is 2.07. The van der Waals surface area contributed by atoms with Gasteiger partial charge in [0.1, 0.15) is 18.1 Å². The number of carboxylic acid groups (broad SMARTS) is 1. The highest BCUT2D eigenvalue weighted by atomic mass is 32.2. The molecule has 0 radical (unpaired) electrons. The minimum atomic E-state index is -1.15. The summed E-state index contributed by atoms with van der Waals surface area (Å²) in [5.41, 5.74) is 16.3. The van der Waals surface area contributed by atoms with E-state index in [0.717, 1.165) is 0 Å². The molecule has 0 aliphatic rings. The Kier molecular flexibility index (Phi) is 15.3. The maximum absolute atomic E-state index is 12.7. The lowest BCUT2D eigenvalue weighted by Crippen LogP contribution is -2.59. The van der Waals surface area contributed by atoms with Crippen molar-refractivity contribution in [1.82, 2.24) is 16.0 Å². The maximum Gasteiger partial charge on any atom is 0.326 e. The molecule has 0 spiro atoms. The van der Waals surface area contributed by atoms with Gasteiger partial charge in [-0.1, -0.05) is 13.8 Å². The van der Waals surface area contributed by atoms with Gasteiger partial charge in [-0.3, -0.25) is 19.4 Å². The third kappa shape index (κ3) is 12.6. The quantitative estimate of drug-likeness (QED) is 0.0513. The normalized spacial score (nSPS) is 14.5. The van der Waals surface area contributed by atoms with Gasteiger partial charge in [-0.15, -0.1) is 0 Å². The summed E-state index contributed by atoms with van der Waals surface area (Å²) < 4.78 is 0. The van der Waals surface area contributed by atoms with Gasteiger partial charge in [0, 0.05) is 12.3 Å². The zero-order valence-corrected chi connectivity index (χ0v) is 21.0. The van der Waals surface area contributed by atoms with E-state index in [1.807, 2.05) is 6.26 Å². The van der Waals surface area contributed by atoms with Gasteiger partial charge < -0.3 is 38.3 Å². The number of carbonyl (C=O) groups is 4. The average molecular weight is 508 g/mol. The number of hydrogen-bond acceptors (Lipinski definition) is 8. The van der Waals surface area contributed by atoms with Crippen LogP contribution in [0.5, 0.6) is 0 Å². The lowest BCUT2D eigenvalue weighted by Gasteiger charge is -2.26. The van der Waals surface area contributed by atoms with Crippen molar-refractivity contribution in [3.63, 3.8) is 0 Å². The van der Waals surface area contributed by atoms with E-state index in [9.17, 15) is 24.3 Å². The van der Waals surface area contributed by atoms with E-state index in [4.69, 9.17) is 17.2 Å². The SMILES string of the molecule is CSCCC(NC(=O)C(NC(=O)C(CS)NC(=O)C(N)CCCN=C(N)N)C(C)C)C(=O)O. The first-order valence-corrected chi connectivity index (χ1v) is 12.5. The highest BCUT2D eigenvalue weighted by molar-refractivity contribution is 7.98. The molecule has 0 rings (SSSR count). The van der Waals surface area contributed by atoms with E-state index in [1.54, 1.807) is 13.8 Å². The standard InChI is InChI=1S/C19H37N7O5S2/c1-10(2)14(17(29)24-12(18(30)31)6-8-33-3)26-16(28)13(9-32)25-15(27)11(20)5-4-7-23-19(21)22/h10-14,32H,4-9,20H2,1-3H3,(H,24,29)(H,25,27)(H,26,28)(H,30,31)(H4,21,22,23). The number of nitrogens with one attached hydrogen (secondary N) is 3. The Labute approximate surface area is 204 Å². The second-order valence-corrected chi connectivity index (χ2v) is 9.06. The van der Waals surface area contributed by atoms with Crippen molar-refractivity contribution in [3.8, 4) is 0 Å². The fraction of sp³-hybridized carbons (Fsp3) is 0.737. The van der Waals surface area contributed by atoms with Crippen LogP contribution in [-0.2, 0) is 19.2 Å². The maximum atomic E-state index is 12.7. The molecule has 12 nitrogen and oxygen atoms in total. The Morgan fingerprint density at radius 3 is 2.09 bits per heavy atom. The number of thioether (sulfide) groups is 1. The smallest absolute Gasteiger partial charge is 0.326 e. The van der Waals surface area contributed by atoms with Gasteiger partial charge in [0.2, 0.25) is 17.7 Å². The van der Waals surface area contributed by atoms with E-state index >= 15 is 0 Å². The molecule has 3 amide bonds. The van der Waals surface area contributed by atoms with Crippen molar-refractivity contribution < 1.29 is 24.3 Å². The van der Waals surface area contributed by atoms with E-state index < -0.39 is 47.9 Å². The number of carboxylic acids is 1. The van der Waals surface area contributed by atoms with Crippen LogP contribution in [0, 0.1) is 5.92 Å². The molecule has 0 saturated heterocycles. The van der Waals surface area contributed by atoms with Crippen LogP contribution >= 0.6 is 24.4 Å². The lowest BCUT2D eigenvalue weighted by atomic mass is 10.0. The number of rotatable bonds is 16. The Morgan fingerprint density at radius 2 is 1.61 bits per heavy atom. The Balaban J connectivity index is 5.02. The van der Waals surface area contributed by atoms with Crippen LogP contribution in [0.1, 0.15) is 33.1 Å². The number of amides is 3. The number of thiol groups is 1. The lowest BCUT2D eigenvalue weighted by molar-refractivity contribution is -0.142. The number of nitrogens with zero attached hydrogens (tertiary/aromatic N) is 1. The van der Waals surface area contributed by atoms with E-state index in [0.29, 0.717) is 25.1 Å². The molecule has 4 atom stereocenters. The Bertz CT molecular complexity index is 689. The first kappa shape index (κ1) is 30.8. The summed E-state index contributed by atoms with van der Waals surface area (Å²) in [6, 6.07) is -3.99. The predicted molar refractivity (Wildman–Crippen MR) is 133 cm³/mol. The Hall–Kier alpha value is -2.19. The minimum Gasteiger partial charge on any atom is -0.480 e. The van der Waals surface area contributed by atoms with Crippen LogP contribution in [0.3, 0.4) is 0 Å². The number of guanidine groups is 1. The van der Waals surface area contributed by atoms with Crippen LogP contribution < -0.4 is 33.2 Å². The van der Waals surface area contributed by atoms with Crippen LogP contribution in [0.2, 0.25) is 0 Å². The van der Waals surface area contributed by atoms with Gasteiger partial charge in [-0.05, 0) is 37.2 Å². The monoisotopic (exact) mass is 507 g/mol. The average Bonchev–Trinajstić information content (AvgIpc) is 2.74. The van der Waals surface area contributed by atoms with E-state index in [2.05, 4.69) is 33.6 Å². The van der Waals surface area contributed by atoms with Crippen LogP contribution in [0.15, 0.2) is 4.99 Å². The van der Waals surface area contributed by atoms with Gasteiger partial charge in [0.15, 0.2) is 5.96 Å². The second-order valence-electron chi connectivity index (χ2n) is 7.71. The molecule has 33 heavy (non-hydrogen) atoms. The molecule has 4 unspecified atom stereocenters. The largest absolute Gasteiger partial charge is 0.480 e. The molecule has 0 saturated carbocycles. The summed E-state index contributed by atoms with van der Waals surface area (Å²) in [6.45, 7) is 3.74. The summed E-state index contributed by atoms with van der Waals surface area (Å²) in [5.74, 6) is -2.82. The Morgan fingerprint density at radius 1 is 1.00 bits per heavy atom. The third-order valence-electron chi connectivity index (χ3n) is 4.59. The summed E-state index contributed by atoms with van der Waals surface area (Å²) in [5, 5.41) is 16.9. The summed E-state index contributed by atoms with van der Waals surface area (Å²) in [7, 11) is 0. The number of hydrogen-bond donors (Lipinski definition) is 8. The van der Waals surface area contributed by atoms with E-state index in [-0.39, 0.29) is 24.1 Å². The first-order valence-electron chi connectivity index (χ1n) is 10.5. The fourth-order valence-electron chi connectivity index (χ4n) is 2.67. The predicted octanol–water partition coefficient (Wildman–Crippen LogP) is -1.75. The summed E-state index contributed by atoms with van der Waals surface area (Å²) in [4.78, 5) is 53.0. The van der Waals surface area contributed by atoms with Crippen molar-refractivity contribution in [2.75, 3.05) is 24.3 Å². The molecule has 0 aliphatic heterocycles. The number of carbonyl (C=O) groups excluding carboxylic acids is 3. The van der Waals surface area contributed by atoms with Crippen molar-refractivity contribution in [2.24, 2.45) is 28.1 Å². The van der Waals surface area contributed by atoms with Gasteiger partial charge in [0.25, 0.3) is 0 Å². The van der Waals surface area contributed by atoms with E-state index in [1.165, 1.54) is 11.8 Å². The summed E-state index contributed by atoms with van der Waals surface area (Å²) in [6.07, 6.45) is 2.85. The zero-order chi connectivity index (χ0) is 25.6.